The van der Waals surface area contributed by atoms with Crippen LogP contribution in [-0.2, 0) is 4.74 Å². The zero-order valence-corrected chi connectivity index (χ0v) is 12.3. The summed E-state index contributed by atoms with van der Waals surface area (Å²) < 4.78 is 5.80. The normalized spacial score (nSPS) is 28.8. The maximum atomic E-state index is 5.80. The van der Waals surface area contributed by atoms with Gasteiger partial charge in [-0.15, -0.1) is 0 Å². The molecule has 1 rings (SSSR count). The van der Waals surface area contributed by atoms with Crippen molar-refractivity contribution in [1.82, 2.24) is 10.2 Å². The van der Waals surface area contributed by atoms with Crippen molar-refractivity contribution in [3.05, 3.63) is 0 Å². The molecule has 0 aliphatic carbocycles. The van der Waals surface area contributed by atoms with Gasteiger partial charge in [-0.2, -0.15) is 0 Å². The molecule has 3 nitrogen and oxygen atoms in total. The number of rotatable bonds is 4. The van der Waals surface area contributed by atoms with E-state index in [0.29, 0.717) is 12.1 Å². The van der Waals surface area contributed by atoms with Crippen LogP contribution in [0.5, 0.6) is 0 Å². The van der Waals surface area contributed by atoms with E-state index >= 15 is 0 Å². The maximum absolute atomic E-state index is 5.80. The van der Waals surface area contributed by atoms with Crippen LogP contribution in [0, 0.1) is 0 Å². The topological polar surface area (TPSA) is 24.5 Å². The highest BCUT2D eigenvalue weighted by molar-refractivity contribution is 4.80. The van der Waals surface area contributed by atoms with Crippen molar-refractivity contribution in [3.8, 4) is 0 Å². The Kier molecular flexibility index (Phi) is 5.90. The molecule has 1 fully saturated rings. The van der Waals surface area contributed by atoms with Gasteiger partial charge in [-0.05, 0) is 60.5 Å². The van der Waals surface area contributed by atoms with Gasteiger partial charge >= 0.3 is 0 Å². The van der Waals surface area contributed by atoms with E-state index in [2.05, 4.69) is 44.8 Å². The minimum absolute atomic E-state index is 0.0200. The number of hydrogen-bond donors (Lipinski definition) is 1. The monoisotopic (exact) mass is 242 g/mol. The summed E-state index contributed by atoms with van der Waals surface area (Å²) >= 11 is 0. The van der Waals surface area contributed by atoms with Crippen molar-refractivity contribution in [3.63, 3.8) is 0 Å². The predicted molar refractivity (Wildman–Crippen MR) is 73.4 cm³/mol. The molecule has 0 amide bonds. The molecule has 2 atom stereocenters. The largest absolute Gasteiger partial charge is 0.375 e. The summed E-state index contributed by atoms with van der Waals surface area (Å²) in [5, 5.41) is 3.63. The molecule has 102 valence electrons. The maximum Gasteiger partial charge on any atom is 0.0752 e. The van der Waals surface area contributed by atoms with E-state index < -0.39 is 0 Å². The van der Waals surface area contributed by atoms with Gasteiger partial charge in [0.05, 0.1) is 5.60 Å². The lowest BCUT2D eigenvalue weighted by Crippen LogP contribution is -2.47. The van der Waals surface area contributed by atoms with Crippen molar-refractivity contribution in [2.75, 3.05) is 26.2 Å². The van der Waals surface area contributed by atoms with Crippen molar-refractivity contribution in [2.24, 2.45) is 0 Å². The van der Waals surface area contributed by atoms with Crippen LogP contribution >= 0.6 is 0 Å². The Hall–Kier alpha value is -0.120. The van der Waals surface area contributed by atoms with E-state index in [4.69, 9.17) is 4.74 Å². The lowest BCUT2D eigenvalue weighted by Gasteiger charge is -2.36. The molecule has 0 saturated carbocycles. The molecular weight excluding hydrogens is 212 g/mol. The average Bonchev–Trinajstić information content (AvgIpc) is 2.20. The fraction of sp³-hybridized carbons (Fsp3) is 1.00. The molecular formula is C14H30N2O. The molecule has 0 radical (unpaired) electrons. The van der Waals surface area contributed by atoms with Crippen LogP contribution in [0.3, 0.4) is 0 Å². The van der Waals surface area contributed by atoms with Gasteiger partial charge in [0, 0.05) is 25.2 Å². The summed E-state index contributed by atoms with van der Waals surface area (Å²) in [6.45, 7) is 15.2. The molecule has 1 heterocycles. The van der Waals surface area contributed by atoms with Crippen molar-refractivity contribution in [2.45, 2.75) is 65.1 Å². The van der Waals surface area contributed by atoms with E-state index in [1.54, 1.807) is 0 Å². The molecule has 0 bridgehead atoms. The molecule has 1 N–H and O–H groups in total. The average molecular weight is 242 g/mol. The Morgan fingerprint density at radius 2 is 1.71 bits per heavy atom. The summed E-state index contributed by atoms with van der Waals surface area (Å²) in [6.07, 6.45) is 2.46. The highest BCUT2D eigenvalue weighted by atomic mass is 16.5. The molecule has 0 spiro atoms. The number of nitrogens with one attached hydrogen (secondary N) is 1. The molecule has 0 aromatic carbocycles. The Morgan fingerprint density at radius 3 is 2.18 bits per heavy atom. The van der Waals surface area contributed by atoms with E-state index in [-0.39, 0.29) is 5.60 Å². The second-order valence-electron chi connectivity index (χ2n) is 6.01. The Balaban J connectivity index is 2.46. The van der Waals surface area contributed by atoms with E-state index in [9.17, 15) is 0 Å². The molecule has 1 aliphatic heterocycles. The highest BCUT2D eigenvalue weighted by Crippen LogP contribution is 2.14. The van der Waals surface area contributed by atoms with Gasteiger partial charge in [0.2, 0.25) is 0 Å². The molecule has 1 aliphatic rings. The lowest BCUT2D eigenvalue weighted by molar-refractivity contribution is -0.0360. The SMILES string of the molecule is CCOC(C)(C)CN1CCC(C)NC(C)CC1. The van der Waals surface area contributed by atoms with Gasteiger partial charge in [-0.3, -0.25) is 0 Å². The third-order valence-electron chi connectivity index (χ3n) is 3.47. The fourth-order valence-corrected chi connectivity index (χ4v) is 2.65. The zero-order valence-electron chi connectivity index (χ0n) is 12.3. The van der Waals surface area contributed by atoms with Gasteiger partial charge < -0.3 is 15.0 Å². The van der Waals surface area contributed by atoms with Crippen LogP contribution in [0.25, 0.3) is 0 Å². The minimum Gasteiger partial charge on any atom is -0.375 e. The van der Waals surface area contributed by atoms with Crippen LogP contribution in [0.4, 0.5) is 0 Å². The first-order valence-electron chi connectivity index (χ1n) is 7.05. The Labute approximate surface area is 107 Å². The predicted octanol–water partition coefficient (Wildman–Crippen LogP) is 2.26. The zero-order chi connectivity index (χ0) is 12.9. The van der Waals surface area contributed by atoms with Gasteiger partial charge in [-0.25, -0.2) is 0 Å². The number of hydrogen-bond acceptors (Lipinski definition) is 3. The summed E-state index contributed by atoms with van der Waals surface area (Å²) in [5.74, 6) is 0. The smallest absolute Gasteiger partial charge is 0.0752 e. The van der Waals surface area contributed by atoms with Crippen LogP contribution in [0.1, 0.15) is 47.5 Å². The molecule has 2 unspecified atom stereocenters. The summed E-state index contributed by atoms with van der Waals surface area (Å²) in [5.41, 5.74) is -0.0200. The first-order valence-corrected chi connectivity index (χ1v) is 7.05. The van der Waals surface area contributed by atoms with Crippen LogP contribution < -0.4 is 5.32 Å². The summed E-state index contributed by atoms with van der Waals surface area (Å²) in [6, 6.07) is 1.26. The Bertz CT molecular complexity index is 206. The number of nitrogens with zero attached hydrogens (tertiary/aromatic N) is 1. The molecule has 1 saturated heterocycles. The second kappa shape index (κ2) is 6.72. The van der Waals surface area contributed by atoms with E-state index in [0.717, 1.165) is 13.2 Å². The van der Waals surface area contributed by atoms with Gasteiger partial charge in [-0.1, -0.05) is 0 Å². The number of ether oxygens (including phenoxy) is 1. The standard InChI is InChI=1S/C14H30N2O/c1-6-17-14(4,5)11-16-9-7-12(2)15-13(3)8-10-16/h12-13,15H,6-11H2,1-5H3. The van der Waals surface area contributed by atoms with Crippen LogP contribution in [0.15, 0.2) is 0 Å². The van der Waals surface area contributed by atoms with Crippen LogP contribution in [0.2, 0.25) is 0 Å². The first kappa shape index (κ1) is 14.9. The Morgan fingerprint density at radius 1 is 1.18 bits per heavy atom. The molecule has 0 aromatic rings. The van der Waals surface area contributed by atoms with Crippen molar-refractivity contribution in [1.29, 1.82) is 0 Å². The summed E-state index contributed by atoms with van der Waals surface area (Å²) in [7, 11) is 0. The molecule has 17 heavy (non-hydrogen) atoms. The minimum atomic E-state index is -0.0200. The van der Waals surface area contributed by atoms with Gasteiger partial charge in [0.25, 0.3) is 0 Å². The second-order valence-corrected chi connectivity index (χ2v) is 6.01. The van der Waals surface area contributed by atoms with E-state index in [1.807, 2.05) is 0 Å². The lowest BCUT2D eigenvalue weighted by atomic mass is 10.1. The summed E-state index contributed by atoms with van der Waals surface area (Å²) in [4.78, 5) is 2.56. The van der Waals surface area contributed by atoms with Gasteiger partial charge in [0.15, 0.2) is 0 Å². The highest BCUT2D eigenvalue weighted by Gasteiger charge is 2.23. The van der Waals surface area contributed by atoms with Crippen LogP contribution in [-0.4, -0.2) is 48.8 Å². The van der Waals surface area contributed by atoms with Crippen molar-refractivity contribution < 1.29 is 4.74 Å². The van der Waals surface area contributed by atoms with E-state index in [1.165, 1.54) is 25.9 Å². The molecule has 0 aromatic heterocycles. The fourth-order valence-electron chi connectivity index (χ4n) is 2.65. The third-order valence-corrected chi connectivity index (χ3v) is 3.47. The van der Waals surface area contributed by atoms with Gasteiger partial charge in [0.1, 0.15) is 0 Å². The third kappa shape index (κ3) is 5.84. The first-order chi connectivity index (χ1) is 7.93. The molecule has 3 heteroatoms. The van der Waals surface area contributed by atoms with Crippen molar-refractivity contribution >= 4 is 0 Å². The quantitative estimate of drug-likeness (QED) is 0.818.